The van der Waals surface area contributed by atoms with Crippen LogP contribution in [0.4, 0.5) is 0 Å². The molecule has 0 atom stereocenters. The second kappa shape index (κ2) is 2.85. The number of hydrogen-bond acceptors (Lipinski definition) is 2. The molecule has 0 amide bonds. The van der Waals surface area contributed by atoms with Gasteiger partial charge in [0.1, 0.15) is 0 Å². The van der Waals surface area contributed by atoms with E-state index in [2.05, 4.69) is 21.0 Å². The highest BCUT2D eigenvalue weighted by molar-refractivity contribution is 9.10. The highest BCUT2D eigenvalue weighted by atomic mass is 79.9. The van der Waals surface area contributed by atoms with Crippen LogP contribution in [0, 0.1) is 0 Å². The predicted octanol–water partition coefficient (Wildman–Crippen LogP) is 1.79. The molecular weight excluding hydrogens is 236 g/mol. The molecule has 13 heavy (non-hydrogen) atoms. The number of aromatic carboxylic acids is 1. The molecule has 0 aliphatic rings. The van der Waals surface area contributed by atoms with Crippen molar-refractivity contribution in [3.63, 3.8) is 0 Å². The van der Waals surface area contributed by atoms with Crippen molar-refractivity contribution in [2.24, 2.45) is 0 Å². The van der Waals surface area contributed by atoms with Crippen LogP contribution in [-0.2, 0) is 0 Å². The number of aromatic nitrogens is 2. The molecule has 0 unspecified atom stereocenters. The van der Waals surface area contributed by atoms with Gasteiger partial charge in [-0.25, -0.2) is 9.31 Å². The SMILES string of the molecule is O=C(O)c1cc(Br)c2ccnn2c1. The second-order valence-corrected chi connectivity index (χ2v) is 3.40. The van der Waals surface area contributed by atoms with Crippen LogP contribution in [-0.4, -0.2) is 20.7 Å². The van der Waals surface area contributed by atoms with Gasteiger partial charge in [0.05, 0.1) is 17.3 Å². The molecule has 1 N–H and O–H groups in total. The van der Waals surface area contributed by atoms with Crippen molar-refractivity contribution < 1.29 is 9.90 Å². The molecule has 0 aromatic carbocycles. The number of nitrogens with zero attached hydrogens (tertiary/aromatic N) is 2. The van der Waals surface area contributed by atoms with E-state index in [0.717, 1.165) is 9.99 Å². The van der Waals surface area contributed by atoms with Gasteiger partial charge in [0.25, 0.3) is 0 Å². The van der Waals surface area contributed by atoms with Crippen LogP contribution >= 0.6 is 15.9 Å². The Bertz CT molecular complexity index is 478. The molecule has 2 aromatic heterocycles. The zero-order valence-electron chi connectivity index (χ0n) is 6.44. The molecule has 0 aliphatic heterocycles. The molecule has 0 saturated carbocycles. The van der Waals surface area contributed by atoms with Crippen LogP contribution in [0.15, 0.2) is 29.0 Å². The van der Waals surface area contributed by atoms with Gasteiger partial charge in [0.2, 0.25) is 0 Å². The van der Waals surface area contributed by atoms with Gasteiger partial charge in [0, 0.05) is 10.7 Å². The molecule has 66 valence electrons. The summed E-state index contributed by atoms with van der Waals surface area (Å²) in [6.07, 6.45) is 3.09. The second-order valence-electron chi connectivity index (χ2n) is 2.54. The van der Waals surface area contributed by atoms with Crippen LogP contribution < -0.4 is 0 Å². The molecule has 0 saturated heterocycles. The third-order valence-electron chi connectivity index (χ3n) is 1.71. The molecule has 0 aliphatic carbocycles. The average Bonchev–Trinajstić information content (AvgIpc) is 2.51. The summed E-state index contributed by atoms with van der Waals surface area (Å²) in [4.78, 5) is 10.7. The van der Waals surface area contributed by atoms with Crippen molar-refractivity contribution in [2.45, 2.75) is 0 Å². The first kappa shape index (κ1) is 8.25. The Morgan fingerprint density at radius 1 is 1.62 bits per heavy atom. The van der Waals surface area contributed by atoms with Crippen molar-refractivity contribution in [1.82, 2.24) is 9.61 Å². The molecule has 2 heterocycles. The van der Waals surface area contributed by atoms with E-state index < -0.39 is 5.97 Å². The van der Waals surface area contributed by atoms with Gasteiger partial charge in [-0.1, -0.05) is 0 Å². The number of carboxylic acid groups (broad SMARTS) is 1. The van der Waals surface area contributed by atoms with E-state index in [1.807, 2.05) is 0 Å². The Hall–Kier alpha value is -1.36. The maximum absolute atomic E-state index is 10.7. The number of pyridine rings is 1. The molecule has 2 rings (SSSR count). The van der Waals surface area contributed by atoms with E-state index in [1.54, 1.807) is 18.3 Å². The fraction of sp³-hybridized carbons (Fsp3) is 0. The molecule has 5 heteroatoms. The highest BCUT2D eigenvalue weighted by Gasteiger charge is 2.07. The predicted molar refractivity (Wildman–Crippen MR) is 49.9 cm³/mol. The standard InChI is InChI=1S/C8H5BrN2O2/c9-6-3-5(8(12)13)4-11-7(6)1-2-10-11/h1-4H,(H,12,13). The lowest BCUT2D eigenvalue weighted by molar-refractivity contribution is 0.0696. The first-order chi connectivity index (χ1) is 6.18. The normalized spacial score (nSPS) is 10.5. The fourth-order valence-corrected chi connectivity index (χ4v) is 1.66. The molecule has 4 nitrogen and oxygen atoms in total. The lowest BCUT2D eigenvalue weighted by Gasteiger charge is -1.98. The van der Waals surface area contributed by atoms with Gasteiger partial charge in [-0.3, -0.25) is 0 Å². The number of hydrogen-bond donors (Lipinski definition) is 1. The number of halogens is 1. The monoisotopic (exact) mass is 240 g/mol. The van der Waals surface area contributed by atoms with E-state index in [-0.39, 0.29) is 5.56 Å². The minimum Gasteiger partial charge on any atom is -0.478 e. The summed E-state index contributed by atoms with van der Waals surface area (Å²) < 4.78 is 2.25. The Kier molecular flexibility index (Phi) is 1.81. The number of carboxylic acids is 1. The van der Waals surface area contributed by atoms with Crippen molar-refractivity contribution in [3.8, 4) is 0 Å². The zero-order chi connectivity index (χ0) is 9.42. The first-order valence-electron chi connectivity index (χ1n) is 3.54. The summed E-state index contributed by atoms with van der Waals surface area (Å²) in [5.41, 5.74) is 1.06. The van der Waals surface area contributed by atoms with Crippen LogP contribution in [0.2, 0.25) is 0 Å². The van der Waals surface area contributed by atoms with Crippen LogP contribution in [0.5, 0.6) is 0 Å². The van der Waals surface area contributed by atoms with Crippen molar-refractivity contribution in [2.75, 3.05) is 0 Å². The third-order valence-corrected chi connectivity index (χ3v) is 2.34. The maximum atomic E-state index is 10.7. The van der Waals surface area contributed by atoms with Gasteiger partial charge < -0.3 is 5.11 Å². The summed E-state index contributed by atoms with van der Waals surface area (Å²) >= 11 is 3.27. The summed E-state index contributed by atoms with van der Waals surface area (Å²) in [5, 5.41) is 12.7. The topological polar surface area (TPSA) is 54.6 Å². The van der Waals surface area contributed by atoms with Crippen molar-refractivity contribution in [1.29, 1.82) is 0 Å². The Morgan fingerprint density at radius 2 is 2.38 bits per heavy atom. The van der Waals surface area contributed by atoms with Gasteiger partial charge in [-0.2, -0.15) is 5.10 Å². The summed E-state index contributed by atoms with van der Waals surface area (Å²) in [5.74, 6) is -0.960. The zero-order valence-corrected chi connectivity index (χ0v) is 8.02. The van der Waals surface area contributed by atoms with E-state index in [9.17, 15) is 4.79 Å². The lowest BCUT2D eigenvalue weighted by atomic mass is 10.3. The summed E-state index contributed by atoms with van der Waals surface area (Å²) in [6.45, 7) is 0. The largest absolute Gasteiger partial charge is 0.478 e. The van der Waals surface area contributed by atoms with Gasteiger partial charge >= 0.3 is 5.97 Å². The molecule has 0 fully saturated rings. The number of fused-ring (bicyclic) bond motifs is 1. The Morgan fingerprint density at radius 3 is 3.08 bits per heavy atom. The van der Waals surface area contributed by atoms with Crippen molar-refractivity contribution >= 4 is 27.4 Å². The summed E-state index contributed by atoms with van der Waals surface area (Å²) in [6, 6.07) is 3.36. The minimum atomic E-state index is -0.960. The Labute approximate surface area is 81.9 Å². The van der Waals surface area contributed by atoms with Gasteiger partial charge in [-0.05, 0) is 28.1 Å². The summed E-state index contributed by atoms with van der Waals surface area (Å²) in [7, 11) is 0. The fourth-order valence-electron chi connectivity index (χ4n) is 1.10. The van der Waals surface area contributed by atoms with Crippen LogP contribution in [0.25, 0.3) is 5.52 Å². The Balaban J connectivity index is 2.77. The van der Waals surface area contributed by atoms with Crippen LogP contribution in [0.1, 0.15) is 10.4 Å². The van der Waals surface area contributed by atoms with Crippen molar-refractivity contribution in [3.05, 3.63) is 34.6 Å². The minimum absolute atomic E-state index is 0.211. The molecule has 0 bridgehead atoms. The van der Waals surface area contributed by atoms with E-state index in [1.165, 1.54) is 10.7 Å². The molecule has 2 aromatic rings. The number of carbonyl (C=O) groups is 1. The molecule has 0 radical (unpaired) electrons. The smallest absolute Gasteiger partial charge is 0.337 e. The molecule has 0 spiro atoms. The van der Waals surface area contributed by atoms with Gasteiger partial charge in [-0.15, -0.1) is 0 Å². The van der Waals surface area contributed by atoms with E-state index in [0.29, 0.717) is 0 Å². The third kappa shape index (κ3) is 1.31. The van der Waals surface area contributed by atoms with E-state index in [4.69, 9.17) is 5.11 Å². The molecular formula is C8H5BrN2O2. The maximum Gasteiger partial charge on any atom is 0.337 e. The van der Waals surface area contributed by atoms with Crippen LogP contribution in [0.3, 0.4) is 0 Å². The number of rotatable bonds is 1. The average molecular weight is 241 g/mol. The van der Waals surface area contributed by atoms with Gasteiger partial charge in [0.15, 0.2) is 0 Å². The first-order valence-corrected chi connectivity index (χ1v) is 4.34. The lowest BCUT2D eigenvalue weighted by Crippen LogP contribution is -1.99. The van der Waals surface area contributed by atoms with E-state index >= 15 is 0 Å². The highest BCUT2D eigenvalue weighted by Crippen LogP contribution is 2.19. The quantitative estimate of drug-likeness (QED) is 0.828.